The van der Waals surface area contributed by atoms with Crippen LogP contribution in [0.4, 0.5) is 11.5 Å². The number of aryl methyl sites for hydroxylation is 1. The van der Waals surface area contributed by atoms with Crippen molar-refractivity contribution in [1.29, 1.82) is 0 Å². The Labute approximate surface area is 200 Å². The maximum absolute atomic E-state index is 12.1. The van der Waals surface area contributed by atoms with Gasteiger partial charge in [-0.2, -0.15) is 0 Å². The maximum atomic E-state index is 12.1. The first-order valence-corrected chi connectivity index (χ1v) is 11.8. The summed E-state index contributed by atoms with van der Waals surface area (Å²) in [5, 5.41) is 14.1. The van der Waals surface area contributed by atoms with E-state index in [1.54, 1.807) is 6.21 Å². The number of likely N-dealkylation sites (N-methyl/N-ethyl adjacent to an activating group) is 1. The van der Waals surface area contributed by atoms with Gasteiger partial charge in [-0.15, -0.1) is 0 Å². The number of hydrogen-bond donors (Lipinski definition) is 3. The standard InChI is InChI=1S/C23H28N6O3.C2H6/c1-15-7-8-16-12-18(15)32-11-5-3-4-6-19(30)24-9-10-29(2)22-20-17(13-25-16)23(31)28-21(20)26-14-27-22;1-2/h7-8,12-14,31H,3-6,9-11H2,1-2H3,(H,24,30)(H,26,27,28);1-2H3. The van der Waals surface area contributed by atoms with Crippen LogP contribution in [0.15, 0.2) is 29.5 Å². The van der Waals surface area contributed by atoms with Crippen molar-refractivity contribution in [2.45, 2.75) is 46.5 Å². The molecule has 3 N–H and O–H groups in total. The highest BCUT2D eigenvalue weighted by atomic mass is 16.5. The summed E-state index contributed by atoms with van der Waals surface area (Å²) in [5.41, 5.74) is 2.77. The zero-order valence-electron chi connectivity index (χ0n) is 20.4. The number of hydrogen-bond acceptors (Lipinski definition) is 7. The highest BCUT2D eigenvalue weighted by Crippen LogP contribution is 2.32. The number of aromatic hydroxyl groups is 1. The van der Waals surface area contributed by atoms with Gasteiger partial charge in [0.15, 0.2) is 5.88 Å². The lowest BCUT2D eigenvalue weighted by atomic mass is 10.2. The van der Waals surface area contributed by atoms with Crippen LogP contribution in [-0.4, -0.2) is 58.9 Å². The number of anilines is 1. The largest absolute Gasteiger partial charge is 0.494 e. The van der Waals surface area contributed by atoms with Crippen LogP contribution in [0, 0.1) is 6.92 Å². The summed E-state index contributed by atoms with van der Waals surface area (Å²) in [4.78, 5) is 30.2. The fraction of sp³-hybridized carbons (Fsp3) is 0.440. The van der Waals surface area contributed by atoms with Crippen molar-refractivity contribution in [3.8, 4) is 11.6 Å². The Morgan fingerprint density at radius 3 is 2.79 bits per heavy atom. The molecule has 3 heterocycles. The molecule has 0 aliphatic carbocycles. The van der Waals surface area contributed by atoms with Crippen LogP contribution >= 0.6 is 0 Å². The Morgan fingerprint density at radius 1 is 1.15 bits per heavy atom. The van der Waals surface area contributed by atoms with Crippen LogP contribution in [0.3, 0.4) is 0 Å². The predicted molar refractivity (Wildman–Crippen MR) is 136 cm³/mol. The normalized spacial score (nSPS) is 15.3. The fourth-order valence-corrected chi connectivity index (χ4v) is 3.70. The quantitative estimate of drug-likeness (QED) is 0.456. The van der Waals surface area contributed by atoms with E-state index < -0.39 is 0 Å². The second-order valence-electron chi connectivity index (χ2n) is 7.95. The van der Waals surface area contributed by atoms with Crippen LogP contribution in [0.25, 0.3) is 11.0 Å². The Hall–Kier alpha value is -3.62. The number of nitrogens with one attached hydrogen (secondary N) is 2. The Bertz CT molecular complexity index is 1140. The lowest BCUT2D eigenvalue weighted by Crippen LogP contribution is -2.33. The number of aromatic nitrogens is 3. The lowest BCUT2D eigenvalue weighted by Gasteiger charge is -2.19. The zero-order chi connectivity index (χ0) is 24.5. The average molecular weight is 467 g/mol. The zero-order valence-corrected chi connectivity index (χ0v) is 20.4. The number of amides is 1. The maximum Gasteiger partial charge on any atom is 0.220 e. The van der Waals surface area contributed by atoms with Gasteiger partial charge in [-0.25, -0.2) is 9.97 Å². The van der Waals surface area contributed by atoms with Crippen LogP contribution in [0.1, 0.15) is 50.7 Å². The van der Waals surface area contributed by atoms with E-state index >= 15 is 0 Å². The number of fused-ring (bicyclic) bond motifs is 2. The number of aliphatic imine (C=N–C) groups is 1. The van der Waals surface area contributed by atoms with Crippen molar-refractivity contribution in [3.05, 3.63) is 35.7 Å². The number of nitrogens with zero attached hydrogens (tertiary/aromatic N) is 4. The SMILES string of the molecule is CC.Cc1ccc2cc1OCCCCCC(=O)NCCN(C)c1ncnc3[nH]c(O)c(c13)C=N2. The first-order valence-electron chi connectivity index (χ1n) is 11.8. The lowest BCUT2D eigenvalue weighted by molar-refractivity contribution is -0.121. The number of carbonyl (C=O) groups is 1. The van der Waals surface area contributed by atoms with Gasteiger partial charge in [-0.05, 0) is 37.8 Å². The number of benzene rings is 1. The van der Waals surface area contributed by atoms with Gasteiger partial charge in [0.2, 0.25) is 5.91 Å². The van der Waals surface area contributed by atoms with Crippen molar-refractivity contribution in [3.63, 3.8) is 0 Å². The summed E-state index contributed by atoms with van der Waals surface area (Å²) in [7, 11) is 1.89. The summed E-state index contributed by atoms with van der Waals surface area (Å²) >= 11 is 0. The molecule has 0 saturated carbocycles. The number of rotatable bonds is 0. The summed E-state index contributed by atoms with van der Waals surface area (Å²) < 4.78 is 5.95. The second-order valence-corrected chi connectivity index (χ2v) is 7.95. The third kappa shape index (κ3) is 6.03. The van der Waals surface area contributed by atoms with Gasteiger partial charge in [0, 0.05) is 38.8 Å². The minimum absolute atomic E-state index is 0.0262. The van der Waals surface area contributed by atoms with E-state index in [0.29, 0.717) is 48.5 Å². The molecule has 0 spiro atoms. The van der Waals surface area contributed by atoms with E-state index in [1.165, 1.54) is 6.33 Å². The van der Waals surface area contributed by atoms with E-state index in [1.807, 2.05) is 50.9 Å². The Balaban J connectivity index is 0.00000158. The van der Waals surface area contributed by atoms with Crippen molar-refractivity contribution < 1.29 is 14.6 Å². The molecule has 1 aromatic carbocycles. The van der Waals surface area contributed by atoms with Crippen LogP contribution in [-0.2, 0) is 4.79 Å². The molecule has 0 saturated heterocycles. The molecule has 4 rings (SSSR count). The molecule has 1 aliphatic heterocycles. The van der Waals surface area contributed by atoms with Gasteiger partial charge in [0.05, 0.1) is 23.2 Å². The molecule has 9 nitrogen and oxygen atoms in total. The topological polar surface area (TPSA) is 116 Å². The molecule has 1 aliphatic rings. The number of carbonyl (C=O) groups excluding carboxylic acids is 1. The molecule has 0 unspecified atom stereocenters. The summed E-state index contributed by atoms with van der Waals surface area (Å²) in [5.74, 6) is 1.44. The molecule has 34 heavy (non-hydrogen) atoms. The molecule has 0 radical (unpaired) electrons. The van der Waals surface area contributed by atoms with Crippen molar-refractivity contribution in [2.24, 2.45) is 4.99 Å². The van der Waals surface area contributed by atoms with Gasteiger partial charge < -0.3 is 25.0 Å². The van der Waals surface area contributed by atoms with Crippen LogP contribution in [0.2, 0.25) is 0 Å². The van der Waals surface area contributed by atoms with E-state index in [0.717, 1.165) is 36.3 Å². The number of H-pyrrole nitrogens is 1. The van der Waals surface area contributed by atoms with Crippen LogP contribution < -0.4 is 15.0 Å². The molecule has 182 valence electrons. The van der Waals surface area contributed by atoms with Gasteiger partial charge in [0.25, 0.3) is 0 Å². The van der Waals surface area contributed by atoms with Gasteiger partial charge in [-0.3, -0.25) is 9.79 Å². The van der Waals surface area contributed by atoms with E-state index in [-0.39, 0.29) is 11.8 Å². The molecule has 1 amide bonds. The summed E-state index contributed by atoms with van der Waals surface area (Å²) in [6.07, 6.45) is 6.19. The van der Waals surface area contributed by atoms with E-state index in [2.05, 4.69) is 25.3 Å². The third-order valence-corrected chi connectivity index (χ3v) is 5.54. The average Bonchev–Trinajstić information content (AvgIpc) is 3.17. The molecule has 3 aromatic rings. The Morgan fingerprint density at radius 2 is 1.97 bits per heavy atom. The monoisotopic (exact) mass is 466 g/mol. The number of aromatic amines is 1. The smallest absolute Gasteiger partial charge is 0.220 e. The molecular formula is C25H34N6O3. The molecule has 0 atom stereocenters. The van der Waals surface area contributed by atoms with Gasteiger partial charge in [0.1, 0.15) is 23.5 Å². The fourth-order valence-electron chi connectivity index (χ4n) is 3.70. The molecule has 9 heteroatoms. The van der Waals surface area contributed by atoms with Crippen LogP contribution in [0.5, 0.6) is 11.6 Å². The molecular weight excluding hydrogens is 432 g/mol. The molecule has 2 bridgehead atoms. The van der Waals surface area contributed by atoms with E-state index in [9.17, 15) is 9.90 Å². The van der Waals surface area contributed by atoms with Crippen molar-refractivity contribution in [1.82, 2.24) is 20.3 Å². The highest BCUT2D eigenvalue weighted by Gasteiger charge is 2.18. The Kier molecular flexibility index (Phi) is 8.84. The second kappa shape index (κ2) is 12.0. The molecule has 0 fully saturated rings. The third-order valence-electron chi connectivity index (χ3n) is 5.54. The summed E-state index contributed by atoms with van der Waals surface area (Å²) in [6.45, 7) is 7.64. The van der Waals surface area contributed by atoms with E-state index in [4.69, 9.17) is 4.74 Å². The van der Waals surface area contributed by atoms with Crippen molar-refractivity contribution >= 4 is 34.7 Å². The van der Waals surface area contributed by atoms with Gasteiger partial charge >= 0.3 is 0 Å². The highest BCUT2D eigenvalue weighted by molar-refractivity contribution is 6.06. The minimum Gasteiger partial charge on any atom is -0.494 e. The molecule has 2 aromatic heterocycles. The first kappa shape index (κ1) is 25.0. The number of ether oxygens (including phenoxy) is 1. The van der Waals surface area contributed by atoms with Crippen molar-refractivity contribution in [2.75, 3.05) is 31.6 Å². The minimum atomic E-state index is -0.0262. The summed E-state index contributed by atoms with van der Waals surface area (Å²) in [6, 6.07) is 5.77. The first-order chi connectivity index (χ1) is 16.5. The van der Waals surface area contributed by atoms with Gasteiger partial charge in [-0.1, -0.05) is 19.9 Å². The predicted octanol–water partition coefficient (Wildman–Crippen LogP) is 4.25.